The van der Waals surface area contributed by atoms with Crippen LogP contribution in [0.5, 0.6) is 0 Å². The minimum atomic E-state index is 0.232. The second-order valence-electron chi connectivity index (χ2n) is 5.43. The van der Waals surface area contributed by atoms with Crippen LogP contribution in [-0.2, 0) is 0 Å². The van der Waals surface area contributed by atoms with Crippen LogP contribution in [0.2, 0.25) is 0 Å². The zero-order valence-electron chi connectivity index (χ0n) is 13.4. The molecule has 0 unspecified atom stereocenters. The van der Waals surface area contributed by atoms with Crippen molar-refractivity contribution in [3.05, 3.63) is 0 Å². The molecule has 5 nitrogen and oxygen atoms in total. The van der Waals surface area contributed by atoms with Gasteiger partial charge in [-0.15, -0.1) is 0 Å². The minimum absolute atomic E-state index is 0.232. The SMILES string of the molecule is CC(C)N=C(N=C(N(C)C)N(C)C)N(C)C(C)C. The van der Waals surface area contributed by atoms with E-state index in [0.717, 1.165) is 11.9 Å². The van der Waals surface area contributed by atoms with Gasteiger partial charge in [0.25, 0.3) is 0 Å². The van der Waals surface area contributed by atoms with Gasteiger partial charge in [0.15, 0.2) is 0 Å². The van der Waals surface area contributed by atoms with Crippen LogP contribution in [-0.4, -0.2) is 73.9 Å². The Bertz CT molecular complexity index is 293. The molecule has 0 saturated carbocycles. The molecule has 5 heteroatoms. The molecule has 0 heterocycles. The number of hydrogen-bond donors (Lipinski definition) is 0. The smallest absolute Gasteiger partial charge is 0.224 e. The first-order valence-corrected chi connectivity index (χ1v) is 6.40. The van der Waals surface area contributed by atoms with Gasteiger partial charge in [0.05, 0.1) is 0 Å². The molecule has 0 aliphatic carbocycles. The molecule has 0 amide bonds. The number of rotatable bonds is 2. The van der Waals surface area contributed by atoms with Crippen molar-refractivity contribution in [1.82, 2.24) is 14.7 Å². The van der Waals surface area contributed by atoms with E-state index in [-0.39, 0.29) is 6.04 Å². The third-order valence-electron chi connectivity index (χ3n) is 2.46. The highest BCUT2D eigenvalue weighted by molar-refractivity contribution is 5.94. The van der Waals surface area contributed by atoms with E-state index in [9.17, 15) is 0 Å². The van der Waals surface area contributed by atoms with E-state index in [4.69, 9.17) is 0 Å². The monoisotopic (exact) mass is 255 g/mol. The standard InChI is InChI=1S/C13H29N5/c1-10(2)14-12(18(9)11(3)4)15-13(16(5)6)17(7)8/h10-11H,1-9H3. The molecule has 0 bridgehead atoms. The lowest BCUT2D eigenvalue weighted by Gasteiger charge is -2.27. The van der Waals surface area contributed by atoms with E-state index in [1.165, 1.54) is 0 Å². The van der Waals surface area contributed by atoms with Crippen molar-refractivity contribution in [2.45, 2.75) is 39.8 Å². The van der Waals surface area contributed by atoms with E-state index in [1.54, 1.807) is 0 Å². The highest BCUT2D eigenvalue weighted by Gasteiger charge is 2.13. The fourth-order valence-corrected chi connectivity index (χ4v) is 1.35. The van der Waals surface area contributed by atoms with Crippen molar-refractivity contribution in [1.29, 1.82) is 0 Å². The fraction of sp³-hybridized carbons (Fsp3) is 0.846. The lowest BCUT2D eigenvalue weighted by molar-refractivity contribution is 0.407. The number of aliphatic imine (C=N–C) groups is 2. The lowest BCUT2D eigenvalue weighted by Crippen LogP contribution is -2.39. The molecular weight excluding hydrogens is 226 g/mol. The van der Waals surface area contributed by atoms with Crippen LogP contribution in [0.4, 0.5) is 0 Å². The van der Waals surface area contributed by atoms with Crippen molar-refractivity contribution in [3.63, 3.8) is 0 Å². The van der Waals surface area contributed by atoms with Gasteiger partial charge in [-0.3, -0.25) is 0 Å². The van der Waals surface area contributed by atoms with Crippen molar-refractivity contribution in [3.8, 4) is 0 Å². The van der Waals surface area contributed by atoms with Crippen LogP contribution in [0, 0.1) is 0 Å². The van der Waals surface area contributed by atoms with Crippen molar-refractivity contribution >= 4 is 11.9 Å². The number of nitrogens with zero attached hydrogens (tertiary/aromatic N) is 5. The third-order valence-corrected chi connectivity index (χ3v) is 2.46. The number of guanidine groups is 2. The molecule has 0 rings (SSSR count). The Morgan fingerprint density at radius 2 is 1.28 bits per heavy atom. The molecule has 18 heavy (non-hydrogen) atoms. The molecule has 0 aromatic rings. The summed E-state index contributed by atoms with van der Waals surface area (Å²) < 4.78 is 0. The van der Waals surface area contributed by atoms with E-state index in [2.05, 4.69) is 42.6 Å². The van der Waals surface area contributed by atoms with Gasteiger partial charge >= 0.3 is 0 Å². The van der Waals surface area contributed by atoms with Crippen LogP contribution < -0.4 is 0 Å². The Labute approximate surface area is 112 Å². The molecule has 0 spiro atoms. The van der Waals surface area contributed by atoms with Crippen molar-refractivity contribution < 1.29 is 0 Å². The Morgan fingerprint density at radius 1 is 0.833 bits per heavy atom. The summed E-state index contributed by atoms with van der Waals surface area (Å²) in [6.45, 7) is 8.40. The third kappa shape index (κ3) is 5.38. The Balaban J connectivity index is 5.40. The molecule has 106 valence electrons. The van der Waals surface area contributed by atoms with Crippen LogP contribution >= 0.6 is 0 Å². The van der Waals surface area contributed by atoms with Gasteiger partial charge in [0, 0.05) is 47.3 Å². The van der Waals surface area contributed by atoms with E-state index < -0.39 is 0 Å². The highest BCUT2D eigenvalue weighted by atomic mass is 15.4. The van der Waals surface area contributed by atoms with Gasteiger partial charge in [-0.2, -0.15) is 4.99 Å². The zero-order valence-corrected chi connectivity index (χ0v) is 13.4. The first-order valence-electron chi connectivity index (χ1n) is 6.40. The Hall–Kier alpha value is -1.26. The quantitative estimate of drug-likeness (QED) is 0.555. The second kappa shape index (κ2) is 7.24. The average molecular weight is 255 g/mol. The van der Waals surface area contributed by atoms with Gasteiger partial charge in [0.1, 0.15) is 0 Å². The van der Waals surface area contributed by atoms with E-state index >= 15 is 0 Å². The summed E-state index contributed by atoms with van der Waals surface area (Å²) in [5.41, 5.74) is 0. The Morgan fingerprint density at radius 3 is 1.56 bits per heavy atom. The average Bonchev–Trinajstić information content (AvgIpc) is 2.21. The molecule has 0 radical (unpaired) electrons. The van der Waals surface area contributed by atoms with E-state index in [0.29, 0.717) is 6.04 Å². The molecule has 0 N–H and O–H groups in total. The maximum Gasteiger partial charge on any atom is 0.224 e. The summed E-state index contributed by atoms with van der Waals surface area (Å²) >= 11 is 0. The molecule has 0 aliphatic rings. The zero-order chi connectivity index (χ0) is 14.5. The lowest BCUT2D eigenvalue weighted by atomic mass is 10.3. The predicted molar refractivity (Wildman–Crippen MR) is 80.3 cm³/mol. The number of hydrogen-bond acceptors (Lipinski definition) is 1. The van der Waals surface area contributed by atoms with Gasteiger partial charge in [-0.1, -0.05) is 0 Å². The largest absolute Gasteiger partial charge is 0.349 e. The van der Waals surface area contributed by atoms with Crippen molar-refractivity contribution in [2.75, 3.05) is 35.2 Å². The summed E-state index contributed by atoms with van der Waals surface area (Å²) in [5, 5.41) is 0. The minimum Gasteiger partial charge on any atom is -0.349 e. The first kappa shape index (κ1) is 16.7. The van der Waals surface area contributed by atoms with Gasteiger partial charge in [0.2, 0.25) is 11.9 Å². The summed E-state index contributed by atoms with van der Waals surface area (Å²) in [4.78, 5) is 15.4. The summed E-state index contributed by atoms with van der Waals surface area (Å²) in [6.07, 6.45) is 0. The molecule has 0 aromatic carbocycles. The highest BCUT2D eigenvalue weighted by Crippen LogP contribution is 2.03. The van der Waals surface area contributed by atoms with Gasteiger partial charge in [-0.25, -0.2) is 4.99 Å². The summed E-state index contributed by atoms with van der Waals surface area (Å²) in [7, 11) is 9.98. The maximum atomic E-state index is 4.68. The molecular formula is C13H29N5. The van der Waals surface area contributed by atoms with Crippen LogP contribution in [0.3, 0.4) is 0 Å². The molecule has 0 saturated heterocycles. The normalized spacial score (nSPS) is 11.8. The molecule has 0 aliphatic heterocycles. The fourth-order valence-electron chi connectivity index (χ4n) is 1.35. The summed E-state index contributed by atoms with van der Waals surface area (Å²) in [6, 6.07) is 0.604. The van der Waals surface area contributed by atoms with Crippen LogP contribution in [0.15, 0.2) is 9.98 Å². The Kier molecular flexibility index (Phi) is 6.73. The topological polar surface area (TPSA) is 34.4 Å². The molecule has 0 atom stereocenters. The molecule has 0 aromatic heterocycles. The molecule has 0 fully saturated rings. The van der Waals surface area contributed by atoms with Gasteiger partial charge < -0.3 is 14.7 Å². The maximum absolute atomic E-state index is 4.68. The van der Waals surface area contributed by atoms with Crippen molar-refractivity contribution in [2.24, 2.45) is 9.98 Å². The first-order chi connectivity index (χ1) is 8.16. The van der Waals surface area contributed by atoms with Gasteiger partial charge in [-0.05, 0) is 27.7 Å². The second-order valence-corrected chi connectivity index (χ2v) is 5.43. The summed E-state index contributed by atoms with van der Waals surface area (Å²) in [5.74, 6) is 1.67. The van der Waals surface area contributed by atoms with Crippen LogP contribution in [0.1, 0.15) is 27.7 Å². The van der Waals surface area contributed by atoms with E-state index in [1.807, 2.05) is 45.0 Å². The van der Waals surface area contributed by atoms with Crippen LogP contribution in [0.25, 0.3) is 0 Å². The predicted octanol–water partition coefficient (Wildman–Crippen LogP) is 1.57.